The summed E-state index contributed by atoms with van der Waals surface area (Å²) >= 11 is 3.55. The Balaban J connectivity index is 2.20. The lowest BCUT2D eigenvalue weighted by Crippen LogP contribution is -2.39. The van der Waals surface area contributed by atoms with Crippen molar-refractivity contribution in [2.75, 3.05) is 19.6 Å². The van der Waals surface area contributed by atoms with Gasteiger partial charge in [0, 0.05) is 11.4 Å². The Hall–Kier alpha value is 0.400. The number of nitrogens with zero attached hydrogens (tertiary/aromatic N) is 1. The number of hydrogen-bond donors (Lipinski definition) is 1. The second kappa shape index (κ2) is 6.81. The molecule has 2 atom stereocenters. The van der Waals surface area contributed by atoms with Crippen LogP contribution in [0, 0.1) is 0 Å². The van der Waals surface area contributed by atoms with Crippen LogP contribution >= 0.6 is 15.9 Å². The minimum absolute atomic E-state index is 0.201. The zero-order valence-corrected chi connectivity index (χ0v) is 10.7. The first-order chi connectivity index (χ1) is 6.74. The van der Waals surface area contributed by atoms with E-state index in [0.29, 0.717) is 0 Å². The van der Waals surface area contributed by atoms with E-state index in [-0.39, 0.29) is 10.9 Å². The number of likely N-dealkylation sites (tertiary alicyclic amines) is 1. The van der Waals surface area contributed by atoms with Crippen LogP contribution in [0.4, 0.5) is 0 Å². The van der Waals surface area contributed by atoms with Crippen molar-refractivity contribution >= 4 is 15.9 Å². The van der Waals surface area contributed by atoms with Crippen molar-refractivity contribution in [3.8, 4) is 0 Å². The number of aliphatic hydroxyl groups excluding tert-OH is 1. The third-order valence-corrected chi connectivity index (χ3v) is 3.94. The van der Waals surface area contributed by atoms with E-state index in [1.165, 1.54) is 32.4 Å². The first-order valence-electron chi connectivity index (χ1n) is 5.78. The maximum atomic E-state index is 9.91. The standard InChI is InChI=1S/C11H22BrNO/c1-2-6-10(12)11(14)9-13-7-4-3-5-8-13/h10-11,14H,2-9H2,1H3/t10-,11+/m0/s1. The summed E-state index contributed by atoms with van der Waals surface area (Å²) in [5, 5.41) is 9.91. The average Bonchev–Trinajstić information content (AvgIpc) is 2.19. The minimum Gasteiger partial charge on any atom is -0.391 e. The van der Waals surface area contributed by atoms with Gasteiger partial charge in [-0.1, -0.05) is 35.7 Å². The predicted octanol–water partition coefficient (Wildman–Crippen LogP) is 2.40. The van der Waals surface area contributed by atoms with Crippen molar-refractivity contribution in [3.05, 3.63) is 0 Å². The summed E-state index contributed by atoms with van der Waals surface area (Å²) in [6.45, 7) is 5.34. The molecule has 2 nitrogen and oxygen atoms in total. The van der Waals surface area contributed by atoms with Crippen molar-refractivity contribution in [1.29, 1.82) is 0 Å². The van der Waals surface area contributed by atoms with Gasteiger partial charge in [0.15, 0.2) is 0 Å². The molecule has 3 heteroatoms. The number of β-amino-alcohol motifs (C(OH)–C–C–N with tert-alkyl or cyclic N) is 1. The number of piperidine rings is 1. The molecule has 1 rings (SSSR count). The Morgan fingerprint density at radius 3 is 2.50 bits per heavy atom. The number of rotatable bonds is 5. The zero-order chi connectivity index (χ0) is 10.4. The summed E-state index contributed by atoms with van der Waals surface area (Å²) in [4.78, 5) is 2.66. The Morgan fingerprint density at radius 2 is 1.93 bits per heavy atom. The van der Waals surface area contributed by atoms with Crippen LogP contribution in [0.15, 0.2) is 0 Å². The van der Waals surface area contributed by atoms with Crippen LogP contribution in [0.2, 0.25) is 0 Å². The molecule has 0 aromatic heterocycles. The summed E-state index contributed by atoms with van der Waals surface area (Å²) in [5.41, 5.74) is 0. The van der Waals surface area contributed by atoms with Gasteiger partial charge in [-0.15, -0.1) is 0 Å². The minimum atomic E-state index is -0.201. The van der Waals surface area contributed by atoms with Crippen LogP contribution in [0.1, 0.15) is 39.0 Å². The lowest BCUT2D eigenvalue weighted by Gasteiger charge is -2.30. The van der Waals surface area contributed by atoms with Gasteiger partial charge in [0.25, 0.3) is 0 Å². The third kappa shape index (κ3) is 4.28. The second-order valence-corrected chi connectivity index (χ2v) is 5.41. The van der Waals surface area contributed by atoms with Gasteiger partial charge in [-0.3, -0.25) is 0 Å². The molecule has 1 heterocycles. The molecule has 0 unspecified atom stereocenters. The van der Waals surface area contributed by atoms with E-state index < -0.39 is 0 Å². The van der Waals surface area contributed by atoms with Crippen LogP contribution in [-0.2, 0) is 0 Å². The van der Waals surface area contributed by atoms with Crippen molar-refractivity contribution in [2.45, 2.75) is 50.0 Å². The fraction of sp³-hybridized carbons (Fsp3) is 1.00. The van der Waals surface area contributed by atoms with Crippen molar-refractivity contribution < 1.29 is 5.11 Å². The summed E-state index contributed by atoms with van der Waals surface area (Å²) in [7, 11) is 0. The van der Waals surface area contributed by atoms with Gasteiger partial charge in [0.1, 0.15) is 0 Å². The fourth-order valence-corrected chi connectivity index (χ4v) is 2.61. The van der Waals surface area contributed by atoms with Gasteiger partial charge >= 0.3 is 0 Å². The highest BCUT2D eigenvalue weighted by Gasteiger charge is 2.19. The predicted molar refractivity (Wildman–Crippen MR) is 63.9 cm³/mol. The highest BCUT2D eigenvalue weighted by atomic mass is 79.9. The summed E-state index contributed by atoms with van der Waals surface area (Å²) in [6.07, 6.45) is 5.95. The fourth-order valence-electron chi connectivity index (χ4n) is 1.99. The van der Waals surface area contributed by atoms with Crippen molar-refractivity contribution in [1.82, 2.24) is 4.90 Å². The number of halogens is 1. The third-order valence-electron chi connectivity index (χ3n) is 2.88. The first kappa shape index (κ1) is 12.5. The maximum absolute atomic E-state index is 9.91. The first-order valence-corrected chi connectivity index (χ1v) is 6.70. The van der Waals surface area contributed by atoms with Crippen molar-refractivity contribution in [2.24, 2.45) is 0 Å². The number of hydrogen-bond acceptors (Lipinski definition) is 2. The van der Waals surface area contributed by atoms with Gasteiger partial charge in [0.2, 0.25) is 0 Å². The molecule has 1 aliphatic heterocycles. The molecule has 14 heavy (non-hydrogen) atoms. The van der Waals surface area contributed by atoms with E-state index in [4.69, 9.17) is 0 Å². The molecule has 0 aromatic rings. The Labute approximate surface area is 95.8 Å². The Kier molecular flexibility index (Phi) is 6.06. The van der Waals surface area contributed by atoms with Crippen LogP contribution in [-0.4, -0.2) is 40.6 Å². The Bertz CT molecular complexity index is 148. The van der Waals surface area contributed by atoms with E-state index in [1.807, 2.05) is 0 Å². The largest absolute Gasteiger partial charge is 0.391 e. The molecular weight excluding hydrogens is 242 g/mol. The summed E-state index contributed by atoms with van der Waals surface area (Å²) in [6, 6.07) is 0. The topological polar surface area (TPSA) is 23.5 Å². The van der Waals surface area contributed by atoms with Gasteiger partial charge < -0.3 is 10.0 Å². The van der Waals surface area contributed by atoms with Gasteiger partial charge in [0.05, 0.1) is 6.10 Å². The molecule has 1 saturated heterocycles. The molecule has 0 spiro atoms. The molecule has 0 bridgehead atoms. The Morgan fingerprint density at radius 1 is 1.29 bits per heavy atom. The van der Waals surface area contributed by atoms with E-state index in [1.54, 1.807) is 0 Å². The molecule has 0 aromatic carbocycles. The lowest BCUT2D eigenvalue weighted by atomic mass is 10.1. The zero-order valence-electron chi connectivity index (χ0n) is 9.08. The smallest absolute Gasteiger partial charge is 0.0791 e. The van der Waals surface area contributed by atoms with E-state index in [9.17, 15) is 5.11 Å². The molecule has 0 amide bonds. The van der Waals surface area contributed by atoms with E-state index >= 15 is 0 Å². The van der Waals surface area contributed by atoms with Gasteiger partial charge in [-0.05, 0) is 32.4 Å². The molecule has 1 N–H and O–H groups in total. The van der Waals surface area contributed by atoms with Crippen LogP contribution in [0.3, 0.4) is 0 Å². The molecule has 0 saturated carbocycles. The maximum Gasteiger partial charge on any atom is 0.0791 e. The van der Waals surface area contributed by atoms with Crippen molar-refractivity contribution in [3.63, 3.8) is 0 Å². The van der Waals surface area contributed by atoms with Gasteiger partial charge in [-0.2, -0.15) is 0 Å². The van der Waals surface area contributed by atoms with Crippen LogP contribution in [0.25, 0.3) is 0 Å². The highest BCUT2D eigenvalue weighted by molar-refractivity contribution is 9.09. The number of alkyl halides is 1. The number of aliphatic hydroxyl groups is 1. The molecule has 0 radical (unpaired) electrons. The summed E-state index contributed by atoms with van der Waals surface area (Å²) in [5.74, 6) is 0. The molecule has 1 aliphatic rings. The average molecular weight is 264 g/mol. The molecular formula is C11H22BrNO. The van der Waals surface area contributed by atoms with Gasteiger partial charge in [-0.25, -0.2) is 0 Å². The van der Waals surface area contributed by atoms with E-state index in [0.717, 1.165) is 19.4 Å². The lowest BCUT2D eigenvalue weighted by molar-refractivity contribution is 0.0986. The van der Waals surface area contributed by atoms with Crippen LogP contribution < -0.4 is 0 Å². The molecule has 84 valence electrons. The summed E-state index contributed by atoms with van der Waals surface area (Å²) < 4.78 is 0. The normalized spacial score (nSPS) is 23.4. The van der Waals surface area contributed by atoms with Crippen LogP contribution in [0.5, 0.6) is 0 Å². The SMILES string of the molecule is CCC[C@H](Br)[C@H](O)CN1CCCCC1. The highest BCUT2D eigenvalue weighted by Crippen LogP contribution is 2.16. The second-order valence-electron chi connectivity index (χ2n) is 4.23. The quantitative estimate of drug-likeness (QED) is 0.771. The molecule has 0 aliphatic carbocycles. The monoisotopic (exact) mass is 263 g/mol. The molecule has 1 fully saturated rings. The van der Waals surface area contributed by atoms with E-state index in [2.05, 4.69) is 27.8 Å².